The summed E-state index contributed by atoms with van der Waals surface area (Å²) in [6, 6.07) is 3.96. The Labute approximate surface area is 105 Å². The molecule has 0 atom stereocenters. The molecule has 0 aliphatic rings. The quantitative estimate of drug-likeness (QED) is 0.757. The van der Waals surface area contributed by atoms with E-state index in [-0.39, 0.29) is 5.54 Å². The SMILES string of the molecule is CCCC(CN)(CCC)N(C)Cc1ccco1. The Balaban J connectivity index is 2.73. The van der Waals surface area contributed by atoms with Crippen molar-refractivity contribution in [3.63, 3.8) is 0 Å². The molecule has 3 nitrogen and oxygen atoms in total. The second-order valence-corrected chi connectivity index (χ2v) is 4.86. The molecule has 1 rings (SSSR count). The Morgan fingerprint density at radius 2 is 1.94 bits per heavy atom. The van der Waals surface area contributed by atoms with Gasteiger partial charge in [0.2, 0.25) is 0 Å². The predicted molar refractivity (Wildman–Crippen MR) is 71.8 cm³/mol. The molecule has 0 amide bonds. The zero-order valence-corrected chi connectivity index (χ0v) is 11.4. The van der Waals surface area contributed by atoms with E-state index in [4.69, 9.17) is 10.2 Å². The van der Waals surface area contributed by atoms with Crippen molar-refractivity contribution in [2.45, 2.75) is 51.6 Å². The fourth-order valence-corrected chi connectivity index (χ4v) is 2.60. The summed E-state index contributed by atoms with van der Waals surface area (Å²) in [5, 5.41) is 0. The first-order valence-electron chi connectivity index (χ1n) is 6.62. The zero-order chi connectivity index (χ0) is 12.7. The first-order valence-corrected chi connectivity index (χ1v) is 6.62. The number of rotatable bonds is 8. The predicted octanol–water partition coefficient (Wildman–Crippen LogP) is 3.01. The molecule has 0 unspecified atom stereocenters. The molecule has 0 spiro atoms. The van der Waals surface area contributed by atoms with Crippen molar-refractivity contribution in [1.82, 2.24) is 4.90 Å². The van der Waals surface area contributed by atoms with Gasteiger partial charge in [-0.25, -0.2) is 0 Å². The molecular formula is C14H26N2O. The van der Waals surface area contributed by atoms with Crippen LogP contribution in [0.1, 0.15) is 45.3 Å². The lowest BCUT2D eigenvalue weighted by Gasteiger charge is -2.41. The van der Waals surface area contributed by atoms with Crippen LogP contribution in [-0.4, -0.2) is 24.0 Å². The van der Waals surface area contributed by atoms with Gasteiger partial charge in [0.25, 0.3) is 0 Å². The normalized spacial score (nSPS) is 12.3. The fourth-order valence-electron chi connectivity index (χ4n) is 2.60. The highest BCUT2D eigenvalue weighted by Gasteiger charge is 2.31. The standard InChI is InChI=1S/C14H26N2O/c1-4-8-14(12-15,9-5-2)16(3)11-13-7-6-10-17-13/h6-7,10H,4-5,8-9,11-12,15H2,1-3H3. The van der Waals surface area contributed by atoms with E-state index in [0.29, 0.717) is 6.54 Å². The Hall–Kier alpha value is -0.800. The Kier molecular flexibility index (Phi) is 5.72. The summed E-state index contributed by atoms with van der Waals surface area (Å²) >= 11 is 0. The lowest BCUT2D eigenvalue weighted by Crippen LogP contribution is -2.51. The van der Waals surface area contributed by atoms with E-state index in [2.05, 4.69) is 25.8 Å². The molecule has 0 aromatic carbocycles. The van der Waals surface area contributed by atoms with Gasteiger partial charge < -0.3 is 10.2 Å². The van der Waals surface area contributed by atoms with E-state index in [1.54, 1.807) is 6.26 Å². The van der Waals surface area contributed by atoms with Gasteiger partial charge in [0.1, 0.15) is 5.76 Å². The summed E-state index contributed by atoms with van der Waals surface area (Å²) in [5.41, 5.74) is 6.16. The van der Waals surface area contributed by atoms with Crippen LogP contribution in [0.25, 0.3) is 0 Å². The first kappa shape index (κ1) is 14.3. The number of hydrogen-bond donors (Lipinski definition) is 1. The molecule has 0 aliphatic carbocycles. The Bertz CT molecular complexity index is 289. The molecule has 0 saturated heterocycles. The smallest absolute Gasteiger partial charge is 0.117 e. The van der Waals surface area contributed by atoms with Gasteiger partial charge in [0.05, 0.1) is 12.8 Å². The van der Waals surface area contributed by atoms with Crippen LogP contribution in [0.15, 0.2) is 22.8 Å². The molecule has 0 aliphatic heterocycles. The maximum Gasteiger partial charge on any atom is 0.117 e. The van der Waals surface area contributed by atoms with Crippen LogP contribution in [0.2, 0.25) is 0 Å². The van der Waals surface area contributed by atoms with Crippen molar-refractivity contribution in [3.8, 4) is 0 Å². The van der Waals surface area contributed by atoms with Crippen LogP contribution in [0, 0.1) is 0 Å². The number of nitrogens with two attached hydrogens (primary N) is 1. The third-order valence-corrected chi connectivity index (χ3v) is 3.59. The van der Waals surface area contributed by atoms with Gasteiger partial charge in [0.15, 0.2) is 0 Å². The molecule has 3 heteroatoms. The average molecular weight is 238 g/mol. The summed E-state index contributed by atoms with van der Waals surface area (Å²) in [6.07, 6.45) is 6.36. The number of hydrogen-bond acceptors (Lipinski definition) is 3. The van der Waals surface area contributed by atoms with E-state index in [9.17, 15) is 0 Å². The monoisotopic (exact) mass is 238 g/mol. The topological polar surface area (TPSA) is 42.4 Å². The maximum absolute atomic E-state index is 6.04. The summed E-state index contributed by atoms with van der Waals surface area (Å²) in [4.78, 5) is 2.36. The molecule has 2 N–H and O–H groups in total. The van der Waals surface area contributed by atoms with Crippen LogP contribution in [0.3, 0.4) is 0 Å². The lowest BCUT2D eigenvalue weighted by atomic mass is 9.87. The van der Waals surface area contributed by atoms with Crippen molar-refractivity contribution in [2.24, 2.45) is 5.73 Å². The molecule has 0 fully saturated rings. The van der Waals surface area contributed by atoms with Gasteiger partial charge in [-0.15, -0.1) is 0 Å². The average Bonchev–Trinajstić information content (AvgIpc) is 2.81. The molecule has 1 heterocycles. The van der Waals surface area contributed by atoms with Crippen molar-refractivity contribution in [3.05, 3.63) is 24.2 Å². The molecule has 0 radical (unpaired) electrons. The summed E-state index contributed by atoms with van der Waals surface area (Å²) in [5.74, 6) is 1.01. The minimum absolute atomic E-state index is 0.121. The second kappa shape index (κ2) is 6.82. The van der Waals surface area contributed by atoms with Crippen molar-refractivity contribution >= 4 is 0 Å². The molecule has 98 valence electrons. The number of furan rings is 1. The highest BCUT2D eigenvalue weighted by atomic mass is 16.3. The maximum atomic E-state index is 6.04. The molecule has 1 aromatic heterocycles. The third kappa shape index (κ3) is 3.58. The van der Waals surface area contributed by atoms with Gasteiger partial charge >= 0.3 is 0 Å². The van der Waals surface area contributed by atoms with Gasteiger partial charge in [-0.2, -0.15) is 0 Å². The summed E-state index contributed by atoms with van der Waals surface area (Å²) < 4.78 is 5.42. The summed E-state index contributed by atoms with van der Waals surface area (Å²) in [6.45, 7) is 6.00. The zero-order valence-electron chi connectivity index (χ0n) is 11.4. The second-order valence-electron chi connectivity index (χ2n) is 4.86. The highest BCUT2D eigenvalue weighted by Crippen LogP contribution is 2.26. The Morgan fingerprint density at radius 1 is 1.29 bits per heavy atom. The fraction of sp³-hybridized carbons (Fsp3) is 0.714. The van der Waals surface area contributed by atoms with E-state index < -0.39 is 0 Å². The van der Waals surface area contributed by atoms with Crippen LogP contribution >= 0.6 is 0 Å². The summed E-state index contributed by atoms with van der Waals surface area (Å²) in [7, 11) is 2.15. The van der Waals surface area contributed by atoms with Crippen molar-refractivity contribution < 1.29 is 4.42 Å². The van der Waals surface area contributed by atoms with Crippen molar-refractivity contribution in [1.29, 1.82) is 0 Å². The first-order chi connectivity index (χ1) is 8.18. The van der Waals surface area contributed by atoms with E-state index in [1.807, 2.05) is 12.1 Å². The van der Waals surface area contributed by atoms with Gasteiger partial charge in [0, 0.05) is 12.1 Å². The van der Waals surface area contributed by atoms with E-state index in [0.717, 1.165) is 25.1 Å². The molecule has 0 bridgehead atoms. The van der Waals surface area contributed by atoms with Crippen molar-refractivity contribution in [2.75, 3.05) is 13.6 Å². The number of likely N-dealkylation sites (N-methyl/N-ethyl adjacent to an activating group) is 1. The highest BCUT2D eigenvalue weighted by molar-refractivity contribution is 5.00. The third-order valence-electron chi connectivity index (χ3n) is 3.59. The minimum Gasteiger partial charge on any atom is -0.468 e. The molecule has 0 saturated carbocycles. The number of nitrogens with zero attached hydrogens (tertiary/aromatic N) is 1. The largest absolute Gasteiger partial charge is 0.468 e. The van der Waals surface area contributed by atoms with E-state index >= 15 is 0 Å². The Morgan fingerprint density at radius 3 is 2.35 bits per heavy atom. The van der Waals surface area contributed by atoms with Gasteiger partial charge in [-0.05, 0) is 32.0 Å². The lowest BCUT2D eigenvalue weighted by molar-refractivity contribution is 0.0883. The van der Waals surface area contributed by atoms with Crippen LogP contribution in [0.4, 0.5) is 0 Å². The minimum atomic E-state index is 0.121. The molecule has 17 heavy (non-hydrogen) atoms. The van der Waals surface area contributed by atoms with Crippen LogP contribution in [-0.2, 0) is 6.54 Å². The van der Waals surface area contributed by atoms with E-state index in [1.165, 1.54) is 12.8 Å². The van der Waals surface area contributed by atoms with Gasteiger partial charge in [-0.1, -0.05) is 26.7 Å². The molecule has 1 aromatic rings. The van der Waals surface area contributed by atoms with Gasteiger partial charge in [-0.3, -0.25) is 4.90 Å². The molecular weight excluding hydrogens is 212 g/mol. The van der Waals surface area contributed by atoms with Crippen LogP contribution in [0.5, 0.6) is 0 Å². The van der Waals surface area contributed by atoms with Crippen LogP contribution < -0.4 is 5.73 Å².